The third-order valence-electron chi connectivity index (χ3n) is 18.9. The van der Waals surface area contributed by atoms with Gasteiger partial charge in [0.2, 0.25) is 0 Å². The Labute approximate surface area is 411 Å². The number of anilines is 3. The molecule has 2 spiro atoms. The summed E-state index contributed by atoms with van der Waals surface area (Å²) in [6, 6.07) is 76.4. The normalized spacial score (nSPS) is 23.1. The van der Waals surface area contributed by atoms with Gasteiger partial charge in [-0.1, -0.05) is 166 Å². The SMILES string of the molecule is CC1(C)c2ccccc2-c2ccc(N(c3ccccc3)c3cc4c(cc3-c3ccc5c(c3)-c3ccccc3C53C5CC6CC(C5)CC3C6)C3(c5ccccc5O4)c4ccccc4-c4ccccc43)cc21. The summed E-state index contributed by atoms with van der Waals surface area (Å²) in [5, 5.41) is 0. The average Bonchev–Trinajstić information content (AvgIpc) is 3.95. The van der Waals surface area contributed by atoms with Crippen LogP contribution in [0, 0.1) is 23.7 Å². The first-order valence-corrected chi connectivity index (χ1v) is 25.9. The summed E-state index contributed by atoms with van der Waals surface area (Å²) in [5.41, 5.74) is 24.1. The van der Waals surface area contributed by atoms with Crippen molar-refractivity contribution >= 4 is 17.1 Å². The topological polar surface area (TPSA) is 12.5 Å². The Kier molecular flexibility index (Phi) is 7.82. The lowest BCUT2D eigenvalue weighted by Crippen LogP contribution is -2.55. The molecule has 0 amide bonds. The molecule has 0 saturated heterocycles. The van der Waals surface area contributed by atoms with Crippen molar-refractivity contribution in [3.63, 3.8) is 0 Å². The highest BCUT2D eigenvalue weighted by atomic mass is 16.5. The summed E-state index contributed by atoms with van der Waals surface area (Å²) in [4.78, 5) is 2.52. The predicted molar refractivity (Wildman–Crippen MR) is 285 cm³/mol. The Hall–Kier alpha value is -7.42. The van der Waals surface area contributed by atoms with Crippen LogP contribution in [0.4, 0.5) is 17.1 Å². The number of ether oxygens (including phenoxy) is 1. The number of para-hydroxylation sites is 2. The number of hydrogen-bond acceptors (Lipinski definition) is 2. The minimum Gasteiger partial charge on any atom is -0.457 e. The van der Waals surface area contributed by atoms with Gasteiger partial charge in [0.05, 0.1) is 11.1 Å². The summed E-state index contributed by atoms with van der Waals surface area (Å²) in [5.74, 6) is 5.00. The summed E-state index contributed by atoms with van der Waals surface area (Å²) in [7, 11) is 0. The molecule has 9 aromatic carbocycles. The van der Waals surface area contributed by atoms with Crippen LogP contribution in [0.1, 0.15) is 90.5 Å². The van der Waals surface area contributed by atoms with Gasteiger partial charge >= 0.3 is 0 Å². The van der Waals surface area contributed by atoms with E-state index in [0.29, 0.717) is 11.8 Å². The first kappa shape index (κ1) is 39.4. The van der Waals surface area contributed by atoms with E-state index in [1.165, 1.54) is 110 Å². The van der Waals surface area contributed by atoms with Gasteiger partial charge in [-0.15, -0.1) is 0 Å². The van der Waals surface area contributed by atoms with E-state index in [2.05, 4.69) is 219 Å². The van der Waals surface area contributed by atoms with Gasteiger partial charge < -0.3 is 9.64 Å². The molecule has 9 aromatic rings. The smallest absolute Gasteiger partial charge is 0.134 e. The number of nitrogens with zero attached hydrogens (tertiary/aromatic N) is 1. The minimum absolute atomic E-state index is 0.0975. The third kappa shape index (κ3) is 4.90. The molecule has 2 nitrogen and oxygen atoms in total. The van der Waals surface area contributed by atoms with E-state index < -0.39 is 5.41 Å². The molecule has 0 unspecified atom stereocenters. The van der Waals surface area contributed by atoms with Gasteiger partial charge in [0, 0.05) is 45.0 Å². The van der Waals surface area contributed by atoms with Crippen molar-refractivity contribution in [3.05, 3.63) is 245 Å². The fourth-order valence-corrected chi connectivity index (χ4v) is 16.5. The molecule has 8 aliphatic rings. The molecule has 2 heteroatoms. The minimum atomic E-state index is -0.598. The van der Waals surface area contributed by atoms with E-state index in [0.717, 1.165) is 40.4 Å². The maximum Gasteiger partial charge on any atom is 0.134 e. The van der Waals surface area contributed by atoms with Crippen LogP contribution in [0.5, 0.6) is 11.5 Å². The molecule has 0 aromatic heterocycles. The van der Waals surface area contributed by atoms with Crippen molar-refractivity contribution < 1.29 is 4.74 Å². The lowest BCUT2D eigenvalue weighted by molar-refractivity contribution is -0.0399. The van der Waals surface area contributed by atoms with E-state index in [1.54, 1.807) is 11.1 Å². The number of rotatable bonds is 4. The maximum atomic E-state index is 7.32. The maximum absolute atomic E-state index is 7.32. The van der Waals surface area contributed by atoms with Gasteiger partial charge in [-0.25, -0.2) is 0 Å². The van der Waals surface area contributed by atoms with Crippen molar-refractivity contribution in [1.82, 2.24) is 0 Å². The van der Waals surface area contributed by atoms with Crippen LogP contribution in [0.15, 0.2) is 200 Å². The standard InChI is InChI=1S/C68H53NO/c1-66(2)55-22-10-6-18-48(55)52-30-29-47(38-61(52)66)69(46-16-4-3-5-17-46)63-40-65-62(68(60-26-14-15-27-64(60)70-65)57-24-12-7-19-49(57)50-20-8-13-25-58(50)68)39-53(63)43-28-31-59-54(37-43)51-21-9-11-23-56(51)67(59)44-33-41-32-42(35-44)36-45(67)34-41/h3-31,37-42,44-45H,32-36H2,1-2H3. The molecule has 1 heterocycles. The zero-order valence-electron chi connectivity index (χ0n) is 39.8. The van der Waals surface area contributed by atoms with Gasteiger partial charge in [0.15, 0.2) is 0 Å². The van der Waals surface area contributed by atoms with Gasteiger partial charge in [-0.05, 0) is 171 Å². The van der Waals surface area contributed by atoms with E-state index in [-0.39, 0.29) is 10.8 Å². The Balaban J connectivity index is 0.991. The van der Waals surface area contributed by atoms with Crippen LogP contribution >= 0.6 is 0 Å². The molecular weight excluding hydrogens is 847 g/mol. The molecular formula is C68H53NO. The molecule has 4 fully saturated rings. The van der Waals surface area contributed by atoms with Gasteiger partial charge in [-0.3, -0.25) is 0 Å². The van der Waals surface area contributed by atoms with E-state index in [4.69, 9.17) is 4.74 Å². The first-order valence-electron chi connectivity index (χ1n) is 25.9. The largest absolute Gasteiger partial charge is 0.457 e. The van der Waals surface area contributed by atoms with E-state index in [1.807, 2.05) is 0 Å². The number of fused-ring (bicyclic) bond motifs is 15. The van der Waals surface area contributed by atoms with Crippen LogP contribution in [0.2, 0.25) is 0 Å². The highest BCUT2D eigenvalue weighted by molar-refractivity contribution is 5.96. The van der Waals surface area contributed by atoms with Crippen molar-refractivity contribution in [3.8, 4) is 56.0 Å². The van der Waals surface area contributed by atoms with Crippen molar-refractivity contribution in [2.45, 2.75) is 62.2 Å². The quantitative estimate of drug-likeness (QED) is 0.174. The lowest BCUT2D eigenvalue weighted by Gasteiger charge is -2.61. The first-order chi connectivity index (χ1) is 34.4. The van der Waals surface area contributed by atoms with E-state index >= 15 is 0 Å². The average molecular weight is 900 g/mol. The van der Waals surface area contributed by atoms with Crippen LogP contribution < -0.4 is 9.64 Å². The highest BCUT2D eigenvalue weighted by Crippen LogP contribution is 2.70. The molecule has 7 aliphatic carbocycles. The molecule has 4 saturated carbocycles. The molecule has 4 bridgehead atoms. The Bertz CT molecular complexity index is 3630. The molecule has 70 heavy (non-hydrogen) atoms. The zero-order valence-corrected chi connectivity index (χ0v) is 39.8. The summed E-state index contributed by atoms with van der Waals surface area (Å²) >= 11 is 0. The zero-order chi connectivity index (χ0) is 46.1. The molecule has 0 N–H and O–H groups in total. The molecule has 0 radical (unpaired) electrons. The monoisotopic (exact) mass is 899 g/mol. The van der Waals surface area contributed by atoms with Gasteiger partial charge in [0.1, 0.15) is 11.5 Å². The molecule has 336 valence electrons. The molecule has 17 rings (SSSR count). The number of benzene rings is 9. The second kappa shape index (κ2) is 13.9. The van der Waals surface area contributed by atoms with E-state index in [9.17, 15) is 0 Å². The molecule has 0 atom stereocenters. The Morgan fingerprint density at radius 1 is 0.371 bits per heavy atom. The lowest BCUT2D eigenvalue weighted by atomic mass is 9.43. The Morgan fingerprint density at radius 3 is 1.60 bits per heavy atom. The molecule has 1 aliphatic heterocycles. The second-order valence-electron chi connectivity index (χ2n) is 22.4. The van der Waals surface area contributed by atoms with Crippen molar-refractivity contribution in [2.75, 3.05) is 4.90 Å². The van der Waals surface area contributed by atoms with Gasteiger partial charge in [0.25, 0.3) is 0 Å². The van der Waals surface area contributed by atoms with Crippen LogP contribution in [-0.2, 0) is 16.2 Å². The predicted octanol–water partition coefficient (Wildman–Crippen LogP) is 17.3. The third-order valence-corrected chi connectivity index (χ3v) is 18.9. The van der Waals surface area contributed by atoms with Gasteiger partial charge in [-0.2, -0.15) is 0 Å². The highest BCUT2D eigenvalue weighted by Gasteiger charge is 2.61. The second-order valence-corrected chi connectivity index (χ2v) is 22.4. The van der Waals surface area contributed by atoms with Crippen LogP contribution in [0.25, 0.3) is 44.5 Å². The fourth-order valence-electron chi connectivity index (χ4n) is 16.5. The summed E-state index contributed by atoms with van der Waals surface area (Å²) in [6.07, 6.45) is 6.95. The van der Waals surface area contributed by atoms with Crippen molar-refractivity contribution in [2.24, 2.45) is 23.7 Å². The Morgan fingerprint density at radius 2 is 0.914 bits per heavy atom. The fraction of sp³-hybridized carbons (Fsp3) is 0.206. The van der Waals surface area contributed by atoms with Crippen molar-refractivity contribution in [1.29, 1.82) is 0 Å². The summed E-state index contributed by atoms with van der Waals surface area (Å²) < 4.78 is 7.32. The summed E-state index contributed by atoms with van der Waals surface area (Å²) in [6.45, 7) is 4.78. The van der Waals surface area contributed by atoms with Crippen LogP contribution in [0.3, 0.4) is 0 Å². The van der Waals surface area contributed by atoms with Crippen LogP contribution in [-0.4, -0.2) is 0 Å². The number of hydrogen-bond donors (Lipinski definition) is 0.